The maximum absolute atomic E-state index is 12.6. The number of rotatable bonds is 6. The highest BCUT2D eigenvalue weighted by atomic mass is 35.5. The summed E-state index contributed by atoms with van der Waals surface area (Å²) < 4.78 is 7.73. The van der Waals surface area contributed by atoms with Crippen molar-refractivity contribution in [1.29, 1.82) is 0 Å². The van der Waals surface area contributed by atoms with E-state index in [1.54, 1.807) is 24.3 Å². The van der Waals surface area contributed by atoms with E-state index in [1.165, 1.54) is 19.3 Å². The summed E-state index contributed by atoms with van der Waals surface area (Å²) in [5, 5.41) is 12.3. The van der Waals surface area contributed by atoms with Gasteiger partial charge in [0.25, 0.3) is 5.91 Å². The van der Waals surface area contributed by atoms with Crippen LogP contribution in [0.2, 0.25) is 5.02 Å². The van der Waals surface area contributed by atoms with Gasteiger partial charge in [-0.2, -0.15) is 0 Å². The minimum Gasteiger partial charge on any atom is -0.491 e. The third kappa shape index (κ3) is 4.70. The third-order valence-corrected chi connectivity index (χ3v) is 5.60. The Kier molecular flexibility index (Phi) is 6.00. The highest BCUT2D eigenvalue weighted by molar-refractivity contribution is 6.30. The van der Waals surface area contributed by atoms with Gasteiger partial charge in [0.1, 0.15) is 17.9 Å². The molecule has 1 aliphatic carbocycles. The number of halogens is 1. The number of amides is 1. The lowest BCUT2D eigenvalue weighted by molar-refractivity contribution is 0.0927. The van der Waals surface area contributed by atoms with Gasteiger partial charge in [0.05, 0.1) is 17.6 Å². The molecule has 6 nitrogen and oxygen atoms in total. The zero-order valence-electron chi connectivity index (χ0n) is 16.5. The van der Waals surface area contributed by atoms with Gasteiger partial charge in [0.15, 0.2) is 0 Å². The van der Waals surface area contributed by atoms with Crippen LogP contribution in [0, 0.1) is 0 Å². The minimum atomic E-state index is -0.147. The monoisotopic (exact) mass is 412 g/mol. The molecule has 1 heterocycles. The first kappa shape index (κ1) is 19.7. The molecule has 3 aromatic rings. The van der Waals surface area contributed by atoms with Gasteiger partial charge in [-0.3, -0.25) is 4.79 Å². The summed E-state index contributed by atoms with van der Waals surface area (Å²) in [7, 11) is 0. The topological polar surface area (TPSA) is 69.0 Å². The molecule has 0 saturated heterocycles. The van der Waals surface area contributed by atoms with Crippen molar-refractivity contribution in [2.24, 2.45) is 0 Å². The predicted octanol–water partition coefficient (Wildman–Crippen LogP) is 4.79. The van der Waals surface area contributed by atoms with Crippen molar-refractivity contribution in [2.45, 2.75) is 51.1 Å². The molecule has 1 saturated carbocycles. The van der Waals surface area contributed by atoms with Crippen molar-refractivity contribution in [3.63, 3.8) is 0 Å². The number of carbonyl (C=O) groups excluding carboxylic acids is 1. The van der Waals surface area contributed by atoms with Crippen LogP contribution >= 0.6 is 11.6 Å². The third-order valence-electron chi connectivity index (χ3n) is 5.34. The van der Waals surface area contributed by atoms with Crippen molar-refractivity contribution in [1.82, 2.24) is 20.3 Å². The second-order valence-electron chi connectivity index (χ2n) is 7.67. The standard InChI is InChI=1S/C22H25ClN4O2/c1-15(14-29-19-10-8-17(23)9-11-19)24-22(28)16-7-12-21-20(13-16)25-26-27(21)18-5-3-2-4-6-18/h7-13,15,18H,2-6,14H2,1H3,(H,24,28). The molecule has 1 aromatic heterocycles. The number of nitrogens with zero attached hydrogens (tertiary/aromatic N) is 3. The molecule has 0 aliphatic heterocycles. The van der Waals surface area contributed by atoms with Crippen LogP contribution < -0.4 is 10.1 Å². The van der Waals surface area contributed by atoms with E-state index >= 15 is 0 Å². The van der Waals surface area contributed by atoms with Gasteiger partial charge in [-0.15, -0.1) is 5.10 Å². The molecule has 4 rings (SSSR count). The first-order chi connectivity index (χ1) is 14.1. The molecule has 29 heavy (non-hydrogen) atoms. The Morgan fingerprint density at radius 1 is 1.21 bits per heavy atom. The van der Waals surface area contributed by atoms with Crippen molar-refractivity contribution >= 4 is 28.5 Å². The lowest BCUT2D eigenvalue weighted by Crippen LogP contribution is -2.36. The van der Waals surface area contributed by atoms with E-state index in [9.17, 15) is 4.79 Å². The molecule has 0 spiro atoms. The number of hydrogen-bond donors (Lipinski definition) is 1. The summed E-state index contributed by atoms with van der Waals surface area (Å²) in [6, 6.07) is 13.0. The van der Waals surface area contributed by atoms with E-state index in [1.807, 2.05) is 29.8 Å². The quantitative estimate of drug-likeness (QED) is 0.632. The Bertz CT molecular complexity index is 980. The van der Waals surface area contributed by atoms with Crippen LogP contribution in [0.15, 0.2) is 42.5 Å². The van der Waals surface area contributed by atoms with Crippen LogP contribution in [0.1, 0.15) is 55.4 Å². The molecule has 0 bridgehead atoms. The molecule has 0 radical (unpaired) electrons. The van der Waals surface area contributed by atoms with Gasteiger partial charge >= 0.3 is 0 Å². The van der Waals surface area contributed by atoms with E-state index in [-0.39, 0.29) is 11.9 Å². The number of benzene rings is 2. The molecule has 1 aliphatic rings. The molecule has 1 unspecified atom stereocenters. The SMILES string of the molecule is CC(COc1ccc(Cl)cc1)NC(=O)c1ccc2c(c1)nnn2C1CCCCC1. The molecule has 1 atom stereocenters. The second-order valence-corrected chi connectivity index (χ2v) is 8.11. The van der Waals surface area contributed by atoms with Gasteiger partial charge in [0, 0.05) is 10.6 Å². The highest BCUT2D eigenvalue weighted by Crippen LogP contribution is 2.30. The number of carbonyl (C=O) groups is 1. The maximum atomic E-state index is 12.6. The van der Waals surface area contributed by atoms with Gasteiger partial charge in [-0.1, -0.05) is 36.1 Å². The van der Waals surface area contributed by atoms with Crippen molar-refractivity contribution in [3.05, 3.63) is 53.1 Å². The Labute approximate surface area is 175 Å². The Balaban J connectivity index is 1.38. The summed E-state index contributed by atoms with van der Waals surface area (Å²) in [4.78, 5) is 12.6. The van der Waals surface area contributed by atoms with E-state index < -0.39 is 0 Å². The summed E-state index contributed by atoms with van der Waals surface area (Å²) in [6.45, 7) is 2.28. The van der Waals surface area contributed by atoms with Crippen LogP contribution in [0.3, 0.4) is 0 Å². The van der Waals surface area contributed by atoms with Crippen LogP contribution in [0.5, 0.6) is 5.75 Å². The Hall–Kier alpha value is -2.60. The summed E-state index contributed by atoms with van der Waals surface area (Å²) in [5.41, 5.74) is 2.33. The molecule has 2 aromatic carbocycles. The van der Waals surface area contributed by atoms with Crippen LogP contribution in [0.25, 0.3) is 11.0 Å². The lowest BCUT2D eigenvalue weighted by atomic mass is 9.95. The first-order valence-corrected chi connectivity index (χ1v) is 10.5. The van der Waals surface area contributed by atoms with E-state index in [2.05, 4.69) is 15.6 Å². The maximum Gasteiger partial charge on any atom is 0.251 e. The Morgan fingerprint density at radius 2 is 1.97 bits per heavy atom. The fourth-order valence-corrected chi connectivity index (χ4v) is 3.91. The van der Waals surface area contributed by atoms with Gasteiger partial charge in [0.2, 0.25) is 0 Å². The zero-order chi connectivity index (χ0) is 20.2. The molecular formula is C22H25ClN4O2. The normalized spacial score (nSPS) is 15.9. The van der Waals surface area contributed by atoms with Crippen LogP contribution in [-0.2, 0) is 0 Å². The van der Waals surface area contributed by atoms with Gasteiger partial charge < -0.3 is 10.1 Å². The smallest absolute Gasteiger partial charge is 0.251 e. The number of hydrogen-bond acceptors (Lipinski definition) is 4. The van der Waals surface area contributed by atoms with E-state index in [0.29, 0.717) is 23.2 Å². The van der Waals surface area contributed by atoms with Crippen molar-refractivity contribution in [3.8, 4) is 5.75 Å². The zero-order valence-corrected chi connectivity index (χ0v) is 17.2. The first-order valence-electron chi connectivity index (χ1n) is 10.1. The van der Waals surface area contributed by atoms with E-state index in [0.717, 1.165) is 29.6 Å². The van der Waals surface area contributed by atoms with Gasteiger partial charge in [-0.05, 0) is 62.2 Å². The number of fused-ring (bicyclic) bond motifs is 1. The highest BCUT2D eigenvalue weighted by Gasteiger charge is 2.19. The minimum absolute atomic E-state index is 0.146. The molecule has 1 fully saturated rings. The van der Waals surface area contributed by atoms with Gasteiger partial charge in [-0.25, -0.2) is 4.68 Å². The fraction of sp³-hybridized carbons (Fsp3) is 0.409. The number of nitrogens with one attached hydrogen (secondary N) is 1. The number of aromatic nitrogens is 3. The van der Waals surface area contributed by atoms with Crippen LogP contribution in [0.4, 0.5) is 0 Å². The Morgan fingerprint density at radius 3 is 2.72 bits per heavy atom. The summed E-state index contributed by atoms with van der Waals surface area (Å²) >= 11 is 5.87. The molecule has 152 valence electrons. The molecule has 7 heteroatoms. The largest absolute Gasteiger partial charge is 0.491 e. The van der Waals surface area contributed by atoms with Crippen molar-refractivity contribution in [2.75, 3.05) is 6.61 Å². The van der Waals surface area contributed by atoms with Crippen LogP contribution in [-0.4, -0.2) is 33.5 Å². The van der Waals surface area contributed by atoms with Crippen molar-refractivity contribution < 1.29 is 9.53 Å². The second kappa shape index (κ2) is 8.82. The predicted molar refractivity (Wildman–Crippen MR) is 114 cm³/mol. The summed E-state index contributed by atoms with van der Waals surface area (Å²) in [6.07, 6.45) is 6.07. The average Bonchev–Trinajstić information content (AvgIpc) is 3.17. The molecular weight excluding hydrogens is 388 g/mol. The molecule has 1 amide bonds. The van der Waals surface area contributed by atoms with E-state index in [4.69, 9.17) is 16.3 Å². The summed E-state index contributed by atoms with van der Waals surface area (Å²) in [5.74, 6) is 0.572. The average molecular weight is 413 g/mol. The molecule has 1 N–H and O–H groups in total. The fourth-order valence-electron chi connectivity index (χ4n) is 3.78. The lowest BCUT2D eigenvalue weighted by Gasteiger charge is -2.21. The number of ether oxygens (including phenoxy) is 1.